The fourth-order valence-electron chi connectivity index (χ4n) is 3.18. The van der Waals surface area contributed by atoms with E-state index in [-0.39, 0.29) is 30.7 Å². The van der Waals surface area contributed by atoms with E-state index in [1.807, 2.05) is 16.2 Å². The van der Waals surface area contributed by atoms with Crippen molar-refractivity contribution >= 4 is 42.1 Å². The van der Waals surface area contributed by atoms with Gasteiger partial charge in [0, 0.05) is 56.7 Å². The Kier molecular flexibility index (Phi) is 9.56. The number of nitrogens with two attached hydrogens (primary N) is 1. The van der Waals surface area contributed by atoms with Crippen LogP contribution in [0.2, 0.25) is 0 Å². The van der Waals surface area contributed by atoms with Gasteiger partial charge in [-0.15, -0.1) is 36.2 Å². The molecule has 3 rings (SSSR count). The average molecular weight is 395 g/mol. The van der Waals surface area contributed by atoms with Crippen LogP contribution in [0.5, 0.6) is 0 Å². The molecule has 0 bridgehead atoms. The summed E-state index contributed by atoms with van der Waals surface area (Å²) in [7, 11) is 0. The van der Waals surface area contributed by atoms with Gasteiger partial charge in [-0.25, -0.2) is 0 Å². The fourth-order valence-corrected chi connectivity index (χ4v) is 3.93. The number of amides is 1. The standard InChI is InChI=1S/C16H26N4OS.2ClH/c17-14-3-5-18(6-4-14)13-16(21)20-9-7-19(8-10-20)12-15-2-1-11-22-15;;/h1-2,11,14H,3-10,12-13,17H2;2*1H. The van der Waals surface area contributed by atoms with Gasteiger partial charge in [0.2, 0.25) is 5.91 Å². The molecule has 24 heavy (non-hydrogen) atoms. The summed E-state index contributed by atoms with van der Waals surface area (Å²) >= 11 is 1.81. The zero-order valence-corrected chi connectivity index (χ0v) is 16.4. The summed E-state index contributed by atoms with van der Waals surface area (Å²) in [5.41, 5.74) is 5.91. The Morgan fingerprint density at radius 3 is 2.33 bits per heavy atom. The monoisotopic (exact) mass is 394 g/mol. The molecule has 3 heterocycles. The van der Waals surface area contributed by atoms with Gasteiger partial charge >= 0.3 is 0 Å². The number of rotatable bonds is 4. The van der Waals surface area contributed by atoms with Gasteiger partial charge in [0.15, 0.2) is 0 Å². The number of piperidine rings is 1. The highest BCUT2D eigenvalue weighted by Gasteiger charge is 2.24. The predicted octanol–water partition coefficient (Wildman–Crippen LogP) is 1.66. The highest BCUT2D eigenvalue weighted by Crippen LogP contribution is 2.14. The maximum atomic E-state index is 12.4. The molecule has 0 atom stereocenters. The quantitative estimate of drug-likeness (QED) is 0.843. The number of hydrogen-bond donors (Lipinski definition) is 1. The van der Waals surface area contributed by atoms with Crippen molar-refractivity contribution in [2.45, 2.75) is 25.4 Å². The molecule has 0 unspecified atom stereocenters. The van der Waals surface area contributed by atoms with E-state index in [1.165, 1.54) is 4.88 Å². The van der Waals surface area contributed by atoms with E-state index in [4.69, 9.17) is 5.73 Å². The number of thiophene rings is 1. The van der Waals surface area contributed by atoms with Crippen molar-refractivity contribution in [2.75, 3.05) is 45.8 Å². The second kappa shape index (κ2) is 10.6. The lowest BCUT2D eigenvalue weighted by atomic mass is 10.1. The molecule has 8 heteroatoms. The van der Waals surface area contributed by atoms with Gasteiger partial charge in [0.05, 0.1) is 6.54 Å². The van der Waals surface area contributed by atoms with Gasteiger partial charge in [-0.2, -0.15) is 0 Å². The number of carbonyl (C=O) groups is 1. The van der Waals surface area contributed by atoms with Crippen LogP contribution < -0.4 is 5.73 Å². The number of hydrogen-bond acceptors (Lipinski definition) is 5. The van der Waals surface area contributed by atoms with Gasteiger partial charge in [-0.3, -0.25) is 14.6 Å². The lowest BCUT2D eigenvalue weighted by Crippen LogP contribution is -2.52. The van der Waals surface area contributed by atoms with Gasteiger partial charge in [0.25, 0.3) is 0 Å². The van der Waals surface area contributed by atoms with Crippen molar-refractivity contribution in [2.24, 2.45) is 5.73 Å². The summed E-state index contributed by atoms with van der Waals surface area (Å²) in [6.45, 7) is 7.19. The Hall–Kier alpha value is -0.370. The first-order valence-electron chi connectivity index (χ1n) is 8.21. The molecule has 0 aliphatic carbocycles. The topological polar surface area (TPSA) is 52.8 Å². The van der Waals surface area contributed by atoms with Crippen LogP contribution in [0.3, 0.4) is 0 Å². The number of likely N-dealkylation sites (tertiary alicyclic amines) is 1. The van der Waals surface area contributed by atoms with Crippen molar-refractivity contribution in [3.8, 4) is 0 Å². The van der Waals surface area contributed by atoms with Crippen LogP contribution in [-0.4, -0.2) is 72.5 Å². The summed E-state index contributed by atoms with van der Waals surface area (Å²) in [6.07, 6.45) is 2.03. The molecular formula is C16H28Cl2N4OS. The Bertz CT molecular complexity index is 472. The lowest BCUT2D eigenvalue weighted by molar-refractivity contribution is -0.134. The molecule has 2 saturated heterocycles. The first-order valence-corrected chi connectivity index (χ1v) is 9.09. The first kappa shape index (κ1) is 21.7. The third kappa shape index (κ3) is 6.17. The third-order valence-corrected chi connectivity index (χ3v) is 5.54. The summed E-state index contributed by atoms with van der Waals surface area (Å²) in [6, 6.07) is 4.61. The van der Waals surface area contributed by atoms with E-state index in [0.29, 0.717) is 12.6 Å². The van der Waals surface area contributed by atoms with Crippen LogP contribution >= 0.6 is 36.2 Å². The number of carbonyl (C=O) groups excluding carboxylic acids is 1. The highest BCUT2D eigenvalue weighted by atomic mass is 35.5. The van der Waals surface area contributed by atoms with Crippen molar-refractivity contribution in [1.82, 2.24) is 14.7 Å². The van der Waals surface area contributed by atoms with Gasteiger partial charge < -0.3 is 10.6 Å². The maximum Gasteiger partial charge on any atom is 0.236 e. The van der Waals surface area contributed by atoms with E-state index in [0.717, 1.165) is 58.7 Å². The van der Waals surface area contributed by atoms with Crippen LogP contribution in [0.1, 0.15) is 17.7 Å². The maximum absolute atomic E-state index is 12.4. The summed E-state index contributed by atoms with van der Waals surface area (Å²) in [5.74, 6) is 0.284. The van der Waals surface area contributed by atoms with Crippen molar-refractivity contribution in [3.63, 3.8) is 0 Å². The summed E-state index contributed by atoms with van der Waals surface area (Å²) in [4.78, 5) is 20.5. The van der Waals surface area contributed by atoms with Crippen molar-refractivity contribution < 1.29 is 4.79 Å². The van der Waals surface area contributed by atoms with Crippen molar-refractivity contribution in [1.29, 1.82) is 0 Å². The van der Waals surface area contributed by atoms with Crippen molar-refractivity contribution in [3.05, 3.63) is 22.4 Å². The molecule has 2 aliphatic rings. The molecule has 1 aromatic heterocycles. The highest BCUT2D eigenvalue weighted by molar-refractivity contribution is 7.09. The SMILES string of the molecule is Cl.Cl.NC1CCN(CC(=O)N2CCN(Cc3cccs3)CC2)CC1. The largest absolute Gasteiger partial charge is 0.339 e. The van der Waals surface area contributed by atoms with Crippen LogP contribution in [0.25, 0.3) is 0 Å². The van der Waals surface area contributed by atoms with Crippen LogP contribution in [-0.2, 0) is 11.3 Å². The molecule has 1 aromatic rings. The molecule has 0 saturated carbocycles. The molecule has 0 aromatic carbocycles. The number of nitrogens with zero attached hydrogens (tertiary/aromatic N) is 3. The van der Waals surface area contributed by atoms with E-state index >= 15 is 0 Å². The predicted molar refractivity (Wildman–Crippen MR) is 104 cm³/mol. The Morgan fingerprint density at radius 2 is 1.75 bits per heavy atom. The average Bonchev–Trinajstić information content (AvgIpc) is 3.03. The van der Waals surface area contributed by atoms with E-state index in [2.05, 4.69) is 27.3 Å². The minimum absolute atomic E-state index is 0. The number of halogens is 2. The zero-order chi connectivity index (χ0) is 15.4. The fraction of sp³-hybridized carbons (Fsp3) is 0.688. The Balaban J connectivity index is 0.00000144. The van der Waals surface area contributed by atoms with Gasteiger partial charge in [-0.05, 0) is 24.3 Å². The summed E-state index contributed by atoms with van der Waals surface area (Å²) < 4.78 is 0. The Morgan fingerprint density at radius 1 is 1.08 bits per heavy atom. The molecule has 5 nitrogen and oxygen atoms in total. The lowest BCUT2D eigenvalue weighted by Gasteiger charge is -2.36. The van der Waals surface area contributed by atoms with Gasteiger partial charge in [-0.1, -0.05) is 6.07 Å². The molecule has 0 spiro atoms. The van der Waals surface area contributed by atoms with Crippen LogP contribution in [0.4, 0.5) is 0 Å². The van der Waals surface area contributed by atoms with Crippen LogP contribution in [0.15, 0.2) is 17.5 Å². The minimum Gasteiger partial charge on any atom is -0.339 e. The number of piperazine rings is 1. The van der Waals surface area contributed by atoms with E-state index < -0.39 is 0 Å². The zero-order valence-electron chi connectivity index (χ0n) is 13.9. The van der Waals surface area contributed by atoms with Gasteiger partial charge in [0.1, 0.15) is 0 Å². The molecule has 2 N–H and O–H groups in total. The second-order valence-electron chi connectivity index (χ2n) is 6.35. The molecule has 138 valence electrons. The minimum atomic E-state index is 0. The first-order chi connectivity index (χ1) is 10.7. The molecule has 2 fully saturated rings. The van der Waals surface area contributed by atoms with Crippen LogP contribution in [0, 0.1) is 0 Å². The molecule has 2 aliphatic heterocycles. The van der Waals surface area contributed by atoms with E-state index in [9.17, 15) is 4.79 Å². The second-order valence-corrected chi connectivity index (χ2v) is 7.38. The normalized spacial score (nSPS) is 20.3. The molecular weight excluding hydrogens is 367 g/mol. The molecule has 1 amide bonds. The summed E-state index contributed by atoms with van der Waals surface area (Å²) in [5, 5.41) is 2.12. The van der Waals surface area contributed by atoms with E-state index in [1.54, 1.807) is 0 Å². The third-order valence-electron chi connectivity index (χ3n) is 4.68. The Labute approximate surface area is 161 Å². The molecule has 0 radical (unpaired) electrons. The smallest absolute Gasteiger partial charge is 0.236 e.